The molecule has 0 saturated carbocycles. The standard InChI is InChI=1S/C22H23N3O/c1-15-18-19(24-22(2,3)14-23-15)21(26)25(17-12-8-5-9-13-17)20(18)16-10-6-4-7-11-16/h4-13,20,23H,14H2,1-3H3. The van der Waals surface area contributed by atoms with Crippen LogP contribution in [0.4, 0.5) is 5.69 Å². The van der Waals surface area contributed by atoms with Gasteiger partial charge >= 0.3 is 0 Å². The second-order valence-electron chi connectivity index (χ2n) is 7.49. The van der Waals surface area contributed by atoms with Crippen LogP contribution < -0.4 is 10.2 Å². The van der Waals surface area contributed by atoms with E-state index >= 15 is 0 Å². The van der Waals surface area contributed by atoms with Gasteiger partial charge in [-0.1, -0.05) is 48.5 Å². The summed E-state index contributed by atoms with van der Waals surface area (Å²) in [5, 5.41) is 3.48. The van der Waals surface area contributed by atoms with Gasteiger partial charge in [-0.3, -0.25) is 14.7 Å². The fourth-order valence-electron chi connectivity index (χ4n) is 3.69. The smallest absolute Gasteiger partial charge is 0.277 e. The van der Waals surface area contributed by atoms with E-state index in [0.717, 1.165) is 22.5 Å². The molecule has 1 unspecified atom stereocenters. The van der Waals surface area contributed by atoms with Gasteiger partial charge in [0, 0.05) is 23.5 Å². The van der Waals surface area contributed by atoms with Gasteiger partial charge in [-0.25, -0.2) is 0 Å². The number of nitrogens with zero attached hydrogens (tertiary/aromatic N) is 2. The van der Waals surface area contributed by atoms with Crippen LogP contribution >= 0.6 is 0 Å². The van der Waals surface area contributed by atoms with Crippen molar-refractivity contribution in [2.45, 2.75) is 32.4 Å². The van der Waals surface area contributed by atoms with Gasteiger partial charge in [0.2, 0.25) is 0 Å². The molecule has 4 nitrogen and oxygen atoms in total. The van der Waals surface area contributed by atoms with Gasteiger partial charge in [0.05, 0.1) is 11.6 Å². The van der Waals surface area contributed by atoms with Crippen LogP contribution in [0.25, 0.3) is 0 Å². The molecule has 1 amide bonds. The summed E-state index contributed by atoms with van der Waals surface area (Å²) in [7, 11) is 0. The van der Waals surface area contributed by atoms with Crippen LogP contribution in [0.5, 0.6) is 0 Å². The molecular weight excluding hydrogens is 322 g/mol. The zero-order valence-corrected chi connectivity index (χ0v) is 15.4. The van der Waals surface area contributed by atoms with E-state index in [0.29, 0.717) is 12.3 Å². The average Bonchev–Trinajstić information content (AvgIpc) is 2.86. The van der Waals surface area contributed by atoms with Crippen molar-refractivity contribution in [2.24, 2.45) is 4.99 Å². The first-order chi connectivity index (χ1) is 12.5. The number of hydrogen-bond acceptors (Lipinski definition) is 3. The Bertz CT molecular complexity index is 897. The third kappa shape index (κ3) is 2.71. The number of rotatable bonds is 2. The van der Waals surface area contributed by atoms with Crippen molar-refractivity contribution >= 4 is 17.3 Å². The highest BCUT2D eigenvalue weighted by molar-refractivity contribution is 6.53. The molecule has 2 aliphatic heterocycles. The molecule has 2 aromatic rings. The summed E-state index contributed by atoms with van der Waals surface area (Å²) in [6.07, 6.45) is 0. The minimum absolute atomic E-state index is 0.0313. The van der Waals surface area contributed by atoms with E-state index in [-0.39, 0.29) is 17.5 Å². The predicted octanol–water partition coefficient (Wildman–Crippen LogP) is 3.87. The van der Waals surface area contributed by atoms with Crippen molar-refractivity contribution in [3.63, 3.8) is 0 Å². The van der Waals surface area contributed by atoms with Crippen molar-refractivity contribution in [1.29, 1.82) is 0 Å². The fourth-order valence-corrected chi connectivity index (χ4v) is 3.69. The summed E-state index contributed by atoms with van der Waals surface area (Å²) in [4.78, 5) is 20.2. The highest BCUT2D eigenvalue weighted by Crippen LogP contribution is 2.42. The molecule has 26 heavy (non-hydrogen) atoms. The van der Waals surface area contributed by atoms with Crippen LogP contribution in [0, 0.1) is 0 Å². The Morgan fingerprint density at radius 2 is 1.65 bits per heavy atom. The maximum atomic E-state index is 13.4. The molecule has 1 N–H and O–H groups in total. The third-order valence-electron chi connectivity index (χ3n) is 4.96. The Labute approximate surface area is 154 Å². The monoisotopic (exact) mass is 345 g/mol. The van der Waals surface area contributed by atoms with Gasteiger partial charge in [-0.05, 0) is 38.5 Å². The predicted molar refractivity (Wildman–Crippen MR) is 105 cm³/mol. The van der Waals surface area contributed by atoms with Crippen molar-refractivity contribution in [1.82, 2.24) is 5.32 Å². The van der Waals surface area contributed by atoms with Gasteiger partial charge in [-0.2, -0.15) is 0 Å². The molecule has 0 aliphatic carbocycles. The summed E-state index contributed by atoms with van der Waals surface area (Å²) < 4.78 is 0. The molecule has 4 heteroatoms. The molecule has 0 spiro atoms. The van der Waals surface area contributed by atoms with E-state index in [1.54, 1.807) is 0 Å². The number of carbonyl (C=O) groups excluding carboxylic acids is 1. The highest BCUT2D eigenvalue weighted by atomic mass is 16.2. The van der Waals surface area contributed by atoms with Crippen LogP contribution in [0.15, 0.2) is 76.9 Å². The Hall–Kier alpha value is -2.88. The normalized spacial score (nSPS) is 21.8. The van der Waals surface area contributed by atoms with Crippen molar-refractivity contribution in [3.05, 3.63) is 77.5 Å². The number of benzene rings is 2. The van der Waals surface area contributed by atoms with Crippen molar-refractivity contribution in [2.75, 3.05) is 11.4 Å². The van der Waals surface area contributed by atoms with E-state index in [4.69, 9.17) is 4.99 Å². The molecule has 2 aromatic carbocycles. The molecule has 1 atom stereocenters. The van der Waals surface area contributed by atoms with Gasteiger partial charge in [0.25, 0.3) is 5.91 Å². The minimum atomic E-state index is -0.331. The topological polar surface area (TPSA) is 44.7 Å². The van der Waals surface area contributed by atoms with E-state index in [2.05, 4.69) is 31.3 Å². The van der Waals surface area contributed by atoms with Gasteiger partial charge in [0.1, 0.15) is 5.71 Å². The Morgan fingerprint density at radius 1 is 1.04 bits per heavy atom. The highest BCUT2D eigenvalue weighted by Gasteiger charge is 2.45. The van der Waals surface area contributed by atoms with Crippen molar-refractivity contribution in [3.8, 4) is 0 Å². The summed E-state index contributed by atoms with van der Waals surface area (Å²) in [5.74, 6) is -0.0313. The zero-order chi connectivity index (χ0) is 18.3. The van der Waals surface area contributed by atoms with Gasteiger partial charge in [0.15, 0.2) is 0 Å². The lowest BCUT2D eigenvalue weighted by Gasteiger charge is -2.26. The molecule has 1 saturated heterocycles. The lowest BCUT2D eigenvalue weighted by molar-refractivity contribution is -0.112. The first-order valence-corrected chi connectivity index (χ1v) is 8.96. The van der Waals surface area contributed by atoms with Crippen LogP contribution in [0.3, 0.4) is 0 Å². The number of aliphatic imine (C=N–C) groups is 1. The zero-order valence-electron chi connectivity index (χ0n) is 15.4. The van der Waals surface area contributed by atoms with Gasteiger partial charge < -0.3 is 5.32 Å². The molecular formula is C22H23N3O. The molecule has 1 fully saturated rings. The Balaban J connectivity index is 1.96. The number of amides is 1. The molecule has 0 aromatic heterocycles. The van der Waals surface area contributed by atoms with Crippen LogP contribution in [0.1, 0.15) is 32.4 Å². The Morgan fingerprint density at radius 3 is 2.31 bits per heavy atom. The lowest BCUT2D eigenvalue weighted by Crippen LogP contribution is -2.34. The number of allylic oxidation sites excluding steroid dienone is 1. The van der Waals surface area contributed by atoms with E-state index in [9.17, 15) is 4.79 Å². The fraction of sp³-hybridized carbons (Fsp3) is 0.273. The molecule has 0 bridgehead atoms. The van der Waals surface area contributed by atoms with Crippen LogP contribution in [-0.2, 0) is 4.79 Å². The molecule has 132 valence electrons. The number of fused-ring (bicyclic) bond motifs is 1. The van der Waals surface area contributed by atoms with Gasteiger partial charge in [-0.15, -0.1) is 0 Å². The third-order valence-corrected chi connectivity index (χ3v) is 4.96. The molecule has 0 radical (unpaired) electrons. The minimum Gasteiger partial charge on any atom is -0.386 e. The first-order valence-electron chi connectivity index (χ1n) is 8.96. The summed E-state index contributed by atoms with van der Waals surface area (Å²) in [5.41, 5.74) is 4.23. The van der Waals surface area contributed by atoms with E-state index in [1.165, 1.54) is 0 Å². The first kappa shape index (κ1) is 16.6. The quantitative estimate of drug-likeness (QED) is 0.898. The van der Waals surface area contributed by atoms with E-state index in [1.807, 2.05) is 60.4 Å². The van der Waals surface area contributed by atoms with Crippen LogP contribution in [-0.4, -0.2) is 23.7 Å². The summed E-state index contributed by atoms with van der Waals surface area (Å²) >= 11 is 0. The molecule has 2 aliphatic rings. The second kappa shape index (κ2) is 6.13. The average molecular weight is 345 g/mol. The number of para-hydroxylation sites is 1. The Kier molecular flexibility index (Phi) is 3.91. The molecule has 4 rings (SSSR count). The summed E-state index contributed by atoms with van der Waals surface area (Å²) in [6.45, 7) is 6.87. The summed E-state index contributed by atoms with van der Waals surface area (Å²) in [6, 6.07) is 19.9. The van der Waals surface area contributed by atoms with Crippen LogP contribution in [0.2, 0.25) is 0 Å². The number of nitrogens with one attached hydrogen (secondary N) is 1. The largest absolute Gasteiger partial charge is 0.386 e. The number of carbonyl (C=O) groups is 1. The maximum absolute atomic E-state index is 13.4. The SMILES string of the molecule is CC1=C2C(=NC(C)(C)CN1)C(=O)N(c1ccccc1)C2c1ccccc1. The van der Waals surface area contributed by atoms with Crippen molar-refractivity contribution < 1.29 is 4.79 Å². The number of anilines is 1. The lowest BCUT2D eigenvalue weighted by atomic mass is 9.96. The van der Waals surface area contributed by atoms with E-state index < -0.39 is 0 Å². The second-order valence-corrected chi connectivity index (χ2v) is 7.49. The molecule has 2 heterocycles. The maximum Gasteiger partial charge on any atom is 0.277 e. The number of hydrogen-bond donors (Lipinski definition) is 1.